The Labute approximate surface area is 107 Å². The van der Waals surface area contributed by atoms with Gasteiger partial charge in [0.1, 0.15) is 0 Å². The lowest BCUT2D eigenvalue weighted by Gasteiger charge is -2.26. The van der Waals surface area contributed by atoms with Crippen molar-refractivity contribution in [1.29, 1.82) is 0 Å². The van der Waals surface area contributed by atoms with Crippen molar-refractivity contribution in [2.75, 3.05) is 6.54 Å². The van der Waals surface area contributed by atoms with E-state index in [4.69, 9.17) is 0 Å². The fraction of sp³-hybridized carbons (Fsp3) is 0.643. The summed E-state index contributed by atoms with van der Waals surface area (Å²) in [5.41, 5.74) is 3.14. The maximum atomic E-state index is 4.32. The monoisotopic (exact) mass is 248 g/mol. The lowest BCUT2D eigenvalue weighted by Crippen LogP contribution is -2.36. The van der Waals surface area contributed by atoms with Gasteiger partial charge < -0.3 is 5.32 Å². The molecule has 0 spiro atoms. The Balaban J connectivity index is 1.45. The van der Waals surface area contributed by atoms with Gasteiger partial charge in [0.15, 0.2) is 0 Å². The standard InChI is InChI=1S/C14H20N2S/c1-10(14-7-11-2-3-12(14)6-11)15-5-4-13-8-17-9-16-13/h2-3,8-12,14-15H,4-7H2,1H3. The molecule has 3 heteroatoms. The summed E-state index contributed by atoms with van der Waals surface area (Å²) in [5.74, 6) is 2.59. The third kappa shape index (κ3) is 2.45. The van der Waals surface area contributed by atoms with E-state index in [1.54, 1.807) is 11.3 Å². The lowest BCUT2D eigenvalue weighted by molar-refractivity contribution is 0.329. The Bertz CT molecular complexity index is 385. The molecule has 17 heavy (non-hydrogen) atoms. The van der Waals surface area contributed by atoms with Crippen LogP contribution in [-0.2, 0) is 6.42 Å². The van der Waals surface area contributed by atoms with E-state index < -0.39 is 0 Å². The molecule has 2 aliphatic rings. The highest BCUT2D eigenvalue weighted by Crippen LogP contribution is 2.44. The smallest absolute Gasteiger partial charge is 0.0794 e. The van der Waals surface area contributed by atoms with Crippen molar-refractivity contribution in [2.45, 2.75) is 32.2 Å². The molecule has 2 bridgehead atoms. The molecule has 0 amide bonds. The number of nitrogens with one attached hydrogen (secondary N) is 1. The van der Waals surface area contributed by atoms with Crippen molar-refractivity contribution in [3.8, 4) is 0 Å². The fourth-order valence-corrected chi connectivity index (χ4v) is 3.93. The van der Waals surface area contributed by atoms with E-state index in [9.17, 15) is 0 Å². The van der Waals surface area contributed by atoms with Gasteiger partial charge in [0.2, 0.25) is 0 Å². The molecule has 3 rings (SSSR count). The predicted octanol–water partition coefficient (Wildman–Crippen LogP) is 2.88. The third-order valence-electron chi connectivity index (χ3n) is 4.30. The zero-order valence-electron chi connectivity index (χ0n) is 10.3. The van der Waals surface area contributed by atoms with Crippen LogP contribution in [-0.4, -0.2) is 17.6 Å². The highest BCUT2D eigenvalue weighted by atomic mass is 32.1. The second-order valence-electron chi connectivity index (χ2n) is 5.42. The molecule has 1 saturated carbocycles. The number of aromatic nitrogens is 1. The van der Waals surface area contributed by atoms with E-state index in [0.717, 1.165) is 30.7 Å². The van der Waals surface area contributed by atoms with Crippen molar-refractivity contribution in [2.24, 2.45) is 17.8 Å². The van der Waals surface area contributed by atoms with Gasteiger partial charge in [-0.1, -0.05) is 12.2 Å². The average Bonchev–Trinajstić information content (AvgIpc) is 3.05. The lowest BCUT2D eigenvalue weighted by atomic mass is 9.87. The van der Waals surface area contributed by atoms with E-state index in [-0.39, 0.29) is 0 Å². The van der Waals surface area contributed by atoms with Gasteiger partial charge in [-0.25, -0.2) is 4.98 Å². The topological polar surface area (TPSA) is 24.9 Å². The molecule has 1 N–H and O–H groups in total. The fourth-order valence-electron chi connectivity index (χ4n) is 3.34. The predicted molar refractivity (Wildman–Crippen MR) is 72.1 cm³/mol. The van der Waals surface area contributed by atoms with E-state index in [2.05, 4.69) is 34.8 Å². The minimum atomic E-state index is 0.647. The maximum Gasteiger partial charge on any atom is 0.0794 e. The van der Waals surface area contributed by atoms with Crippen molar-refractivity contribution >= 4 is 11.3 Å². The summed E-state index contributed by atoms with van der Waals surface area (Å²) >= 11 is 1.69. The molecule has 2 nitrogen and oxygen atoms in total. The molecule has 0 radical (unpaired) electrons. The van der Waals surface area contributed by atoms with Crippen LogP contribution in [0.25, 0.3) is 0 Å². The molecule has 0 saturated heterocycles. The van der Waals surface area contributed by atoms with Crippen LogP contribution in [0.1, 0.15) is 25.5 Å². The van der Waals surface area contributed by atoms with Gasteiger partial charge in [0.05, 0.1) is 11.2 Å². The number of hydrogen-bond donors (Lipinski definition) is 1. The highest BCUT2D eigenvalue weighted by molar-refractivity contribution is 7.07. The Morgan fingerprint density at radius 1 is 1.47 bits per heavy atom. The van der Waals surface area contributed by atoms with Gasteiger partial charge in [-0.3, -0.25) is 0 Å². The zero-order chi connectivity index (χ0) is 11.7. The minimum Gasteiger partial charge on any atom is -0.314 e. The first-order valence-electron chi connectivity index (χ1n) is 6.61. The maximum absolute atomic E-state index is 4.32. The summed E-state index contributed by atoms with van der Waals surface area (Å²) < 4.78 is 0. The van der Waals surface area contributed by atoms with E-state index in [1.165, 1.54) is 18.5 Å². The summed E-state index contributed by atoms with van der Waals surface area (Å²) in [5, 5.41) is 5.82. The first kappa shape index (κ1) is 11.4. The normalized spacial score (nSPS) is 32.2. The molecule has 4 atom stereocenters. The summed E-state index contributed by atoms with van der Waals surface area (Å²) in [6, 6.07) is 0.647. The van der Waals surface area contributed by atoms with Gasteiger partial charge in [0.25, 0.3) is 0 Å². The second-order valence-corrected chi connectivity index (χ2v) is 6.14. The van der Waals surface area contributed by atoms with Crippen molar-refractivity contribution in [1.82, 2.24) is 10.3 Å². The van der Waals surface area contributed by atoms with Crippen LogP contribution in [0.5, 0.6) is 0 Å². The molecule has 1 aromatic rings. The van der Waals surface area contributed by atoms with E-state index >= 15 is 0 Å². The summed E-state index contributed by atoms with van der Waals surface area (Å²) in [4.78, 5) is 4.32. The van der Waals surface area contributed by atoms with Crippen LogP contribution >= 0.6 is 11.3 Å². The summed E-state index contributed by atoms with van der Waals surface area (Å²) in [6.45, 7) is 3.41. The van der Waals surface area contributed by atoms with Crippen LogP contribution in [0.15, 0.2) is 23.0 Å². The first-order chi connectivity index (χ1) is 8.33. The van der Waals surface area contributed by atoms with E-state index in [1.807, 2.05) is 5.51 Å². The molecule has 4 unspecified atom stereocenters. The Kier molecular flexibility index (Phi) is 3.30. The Morgan fingerprint density at radius 3 is 3.06 bits per heavy atom. The van der Waals surface area contributed by atoms with Crippen LogP contribution in [0.2, 0.25) is 0 Å². The Hall–Kier alpha value is -0.670. The van der Waals surface area contributed by atoms with E-state index in [0.29, 0.717) is 6.04 Å². The van der Waals surface area contributed by atoms with Crippen molar-refractivity contribution in [3.05, 3.63) is 28.7 Å². The van der Waals surface area contributed by atoms with Crippen LogP contribution < -0.4 is 5.32 Å². The molecule has 0 aromatic carbocycles. The SMILES string of the molecule is CC(NCCc1cscn1)C1CC2C=CC1C2. The minimum absolute atomic E-state index is 0.647. The molecule has 1 aromatic heterocycles. The largest absolute Gasteiger partial charge is 0.314 e. The number of thiazole rings is 1. The molecule has 0 aliphatic heterocycles. The molecule has 1 fully saturated rings. The Morgan fingerprint density at radius 2 is 2.41 bits per heavy atom. The number of fused-ring (bicyclic) bond motifs is 2. The quantitative estimate of drug-likeness (QED) is 0.811. The number of rotatable bonds is 5. The first-order valence-corrected chi connectivity index (χ1v) is 7.56. The van der Waals surface area contributed by atoms with Gasteiger partial charge >= 0.3 is 0 Å². The molecule has 1 heterocycles. The third-order valence-corrected chi connectivity index (χ3v) is 4.94. The van der Waals surface area contributed by atoms with Crippen LogP contribution in [0, 0.1) is 17.8 Å². The second kappa shape index (κ2) is 4.91. The van der Waals surface area contributed by atoms with Gasteiger partial charge in [0, 0.05) is 24.4 Å². The molecular formula is C14H20N2S. The van der Waals surface area contributed by atoms with Crippen molar-refractivity contribution in [3.63, 3.8) is 0 Å². The zero-order valence-corrected chi connectivity index (χ0v) is 11.1. The number of allylic oxidation sites excluding steroid dienone is 2. The average molecular weight is 248 g/mol. The van der Waals surface area contributed by atoms with Gasteiger partial charge in [-0.15, -0.1) is 11.3 Å². The van der Waals surface area contributed by atoms with Crippen LogP contribution in [0.4, 0.5) is 0 Å². The van der Waals surface area contributed by atoms with Crippen LogP contribution in [0.3, 0.4) is 0 Å². The molecule has 92 valence electrons. The summed E-state index contributed by atoms with van der Waals surface area (Å²) in [6.07, 6.45) is 8.72. The molecule has 2 aliphatic carbocycles. The van der Waals surface area contributed by atoms with Gasteiger partial charge in [-0.05, 0) is 37.5 Å². The van der Waals surface area contributed by atoms with Gasteiger partial charge in [-0.2, -0.15) is 0 Å². The van der Waals surface area contributed by atoms with Crippen molar-refractivity contribution < 1.29 is 0 Å². The highest BCUT2D eigenvalue weighted by Gasteiger charge is 2.38. The number of hydrogen-bond acceptors (Lipinski definition) is 3. The number of nitrogens with zero attached hydrogens (tertiary/aromatic N) is 1. The molecular weight excluding hydrogens is 228 g/mol. The summed E-state index contributed by atoms with van der Waals surface area (Å²) in [7, 11) is 0.